The zero-order valence-electron chi connectivity index (χ0n) is 14.2. The van der Waals surface area contributed by atoms with Gasteiger partial charge in [-0.1, -0.05) is 48.2 Å². The monoisotopic (exact) mass is 360 g/mol. The lowest BCUT2D eigenvalue weighted by Crippen LogP contribution is -2.03. The van der Waals surface area contributed by atoms with E-state index < -0.39 is 0 Å². The van der Waals surface area contributed by atoms with Gasteiger partial charge in [0.2, 0.25) is 0 Å². The molecular weight excluding hydrogens is 344 g/mol. The first-order valence-corrected chi connectivity index (χ1v) is 9.19. The predicted molar refractivity (Wildman–Crippen MR) is 102 cm³/mol. The summed E-state index contributed by atoms with van der Waals surface area (Å²) < 4.78 is 2.02. The number of nitrogens with zero attached hydrogens (tertiary/aromatic N) is 4. The number of hydrogen-bond acceptors (Lipinski definition) is 5. The molecule has 4 aromatic rings. The van der Waals surface area contributed by atoms with Crippen LogP contribution in [0.2, 0.25) is 0 Å². The number of fused-ring (bicyclic) bond motifs is 1. The van der Waals surface area contributed by atoms with Crippen molar-refractivity contribution in [3.8, 4) is 11.4 Å². The molecule has 0 N–H and O–H groups in total. The van der Waals surface area contributed by atoms with Crippen molar-refractivity contribution in [3.63, 3.8) is 0 Å². The van der Waals surface area contributed by atoms with E-state index in [-0.39, 0.29) is 5.78 Å². The number of aryl methyl sites for hydroxylation is 1. The van der Waals surface area contributed by atoms with Gasteiger partial charge in [0.1, 0.15) is 5.65 Å². The normalized spacial score (nSPS) is 11.0. The second-order valence-electron chi connectivity index (χ2n) is 5.78. The fourth-order valence-electron chi connectivity index (χ4n) is 2.80. The highest BCUT2D eigenvalue weighted by atomic mass is 32.2. The van der Waals surface area contributed by atoms with Gasteiger partial charge in [-0.2, -0.15) is 0 Å². The van der Waals surface area contributed by atoms with Crippen molar-refractivity contribution in [2.24, 2.45) is 0 Å². The number of benzene rings is 1. The van der Waals surface area contributed by atoms with Crippen molar-refractivity contribution >= 4 is 23.2 Å². The lowest BCUT2D eigenvalue weighted by Gasteiger charge is -2.05. The fourth-order valence-corrected chi connectivity index (χ4v) is 3.53. The highest BCUT2D eigenvalue weighted by Gasteiger charge is 2.13. The Bertz CT molecular complexity index is 1080. The molecule has 0 unspecified atom stereocenters. The molecule has 6 heteroatoms. The zero-order valence-corrected chi connectivity index (χ0v) is 15.0. The molecule has 26 heavy (non-hydrogen) atoms. The number of Topliss-reactive ketones (excluding diaryl/α,β-unsaturated/α-hetero) is 1. The average Bonchev–Trinajstić information content (AvgIpc) is 3.02. The van der Waals surface area contributed by atoms with E-state index in [1.165, 1.54) is 11.8 Å². The van der Waals surface area contributed by atoms with Crippen molar-refractivity contribution in [2.45, 2.75) is 12.1 Å². The lowest BCUT2D eigenvalue weighted by molar-refractivity contribution is 0.102. The Hall–Kier alpha value is -2.99. The van der Waals surface area contributed by atoms with Crippen LogP contribution in [0.15, 0.2) is 72.1 Å². The van der Waals surface area contributed by atoms with Gasteiger partial charge in [-0.25, -0.2) is 15.0 Å². The maximum atomic E-state index is 12.3. The number of carbonyl (C=O) groups is 1. The van der Waals surface area contributed by atoms with E-state index in [1.807, 2.05) is 72.1 Å². The standard InChI is InChI=1S/C20H16N4OS/c1-14-19(24-12-6-5-9-18(24)22-14)16-10-11-21-20(23-16)26-13-17(25)15-7-3-2-4-8-15/h2-12H,13H2,1H3. The number of hydrogen-bond donors (Lipinski definition) is 0. The summed E-state index contributed by atoms with van der Waals surface area (Å²) in [5.74, 6) is 0.371. The molecule has 0 saturated heterocycles. The molecule has 0 saturated carbocycles. The van der Waals surface area contributed by atoms with Crippen LogP contribution in [0.5, 0.6) is 0 Å². The minimum Gasteiger partial charge on any atom is -0.298 e. The van der Waals surface area contributed by atoms with E-state index >= 15 is 0 Å². The summed E-state index contributed by atoms with van der Waals surface area (Å²) in [6.45, 7) is 1.97. The van der Waals surface area contributed by atoms with E-state index in [0.29, 0.717) is 16.5 Å². The SMILES string of the molecule is Cc1nc2ccccn2c1-c1ccnc(SCC(=O)c2ccccc2)n1. The third kappa shape index (κ3) is 3.23. The van der Waals surface area contributed by atoms with Crippen molar-refractivity contribution < 1.29 is 4.79 Å². The quantitative estimate of drug-likeness (QED) is 0.305. The number of carbonyl (C=O) groups excluding carboxylic acids is 1. The van der Waals surface area contributed by atoms with E-state index in [1.54, 1.807) is 6.20 Å². The first-order chi connectivity index (χ1) is 12.7. The third-order valence-corrected chi connectivity index (χ3v) is 4.87. The highest BCUT2D eigenvalue weighted by Crippen LogP contribution is 2.25. The van der Waals surface area contributed by atoms with Gasteiger partial charge in [-0.3, -0.25) is 9.20 Å². The summed E-state index contributed by atoms with van der Waals surface area (Å²) in [5, 5.41) is 0.581. The number of rotatable bonds is 5. The predicted octanol–water partition coefficient (Wildman–Crippen LogP) is 4.07. The molecule has 0 fully saturated rings. The van der Waals surface area contributed by atoms with Crippen LogP contribution in [0.4, 0.5) is 0 Å². The molecule has 128 valence electrons. The zero-order chi connectivity index (χ0) is 17.9. The van der Waals surface area contributed by atoms with Gasteiger partial charge < -0.3 is 0 Å². The Labute approximate surface area is 155 Å². The maximum Gasteiger partial charge on any atom is 0.188 e. The number of imidazole rings is 1. The number of aromatic nitrogens is 4. The van der Waals surface area contributed by atoms with Crippen molar-refractivity contribution in [3.05, 3.63) is 78.2 Å². The Kier molecular flexibility index (Phi) is 4.50. The molecule has 3 aromatic heterocycles. The molecular formula is C20H16N4OS. The summed E-state index contributed by atoms with van der Waals surface area (Å²) in [6.07, 6.45) is 3.69. The molecule has 3 heterocycles. The Morgan fingerprint density at radius 1 is 1.04 bits per heavy atom. The molecule has 0 amide bonds. The van der Waals surface area contributed by atoms with Crippen molar-refractivity contribution in [1.29, 1.82) is 0 Å². The average molecular weight is 360 g/mol. The lowest BCUT2D eigenvalue weighted by atomic mass is 10.2. The van der Waals surface area contributed by atoms with Gasteiger partial charge in [0, 0.05) is 18.0 Å². The third-order valence-electron chi connectivity index (χ3n) is 4.01. The van der Waals surface area contributed by atoms with Gasteiger partial charge in [-0.05, 0) is 25.1 Å². The smallest absolute Gasteiger partial charge is 0.188 e. The van der Waals surface area contributed by atoms with Gasteiger partial charge in [0.05, 0.1) is 22.8 Å². The van der Waals surface area contributed by atoms with Crippen LogP contribution < -0.4 is 0 Å². The van der Waals surface area contributed by atoms with Crippen LogP contribution in [0.1, 0.15) is 16.1 Å². The van der Waals surface area contributed by atoms with E-state index in [2.05, 4.69) is 15.0 Å². The van der Waals surface area contributed by atoms with Gasteiger partial charge in [0.25, 0.3) is 0 Å². The number of pyridine rings is 1. The molecule has 0 radical (unpaired) electrons. The van der Waals surface area contributed by atoms with Crippen molar-refractivity contribution in [2.75, 3.05) is 5.75 Å². The highest BCUT2D eigenvalue weighted by molar-refractivity contribution is 7.99. The first-order valence-electron chi connectivity index (χ1n) is 8.20. The van der Waals surface area contributed by atoms with Crippen LogP contribution in [-0.4, -0.2) is 30.9 Å². The summed E-state index contributed by atoms with van der Waals surface area (Å²) in [5.41, 5.74) is 4.23. The van der Waals surface area contributed by atoms with Crippen LogP contribution in [0.25, 0.3) is 17.0 Å². The largest absolute Gasteiger partial charge is 0.298 e. The Balaban J connectivity index is 1.59. The summed E-state index contributed by atoms with van der Waals surface area (Å²) in [7, 11) is 0. The van der Waals surface area contributed by atoms with Crippen molar-refractivity contribution in [1.82, 2.24) is 19.4 Å². The molecule has 0 aliphatic rings. The molecule has 1 aromatic carbocycles. The first kappa shape index (κ1) is 16.5. The van der Waals surface area contributed by atoms with E-state index in [4.69, 9.17) is 0 Å². The van der Waals surface area contributed by atoms with Crippen LogP contribution in [0, 0.1) is 6.92 Å². The summed E-state index contributed by atoms with van der Waals surface area (Å²) in [4.78, 5) is 25.8. The minimum absolute atomic E-state index is 0.0654. The fraction of sp³-hybridized carbons (Fsp3) is 0.100. The second-order valence-corrected chi connectivity index (χ2v) is 6.72. The van der Waals surface area contributed by atoms with E-state index in [0.717, 1.165) is 22.7 Å². The van der Waals surface area contributed by atoms with Crippen LogP contribution in [0.3, 0.4) is 0 Å². The van der Waals surface area contributed by atoms with Gasteiger partial charge in [-0.15, -0.1) is 0 Å². The second kappa shape index (κ2) is 7.09. The summed E-state index contributed by atoms with van der Waals surface area (Å²) in [6, 6.07) is 17.0. The molecule has 4 rings (SSSR count). The van der Waals surface area contributed by atoms with Crippen LogP contribution >= 0.6 is 11.8 Å². The van der Waals surface area contributed by atoms with Gasteiger partial charge in [0.15, 0.2) is 10.9 Å². The van der Waals surface area contributed by atoms with E-state index in [9.17, 15) is 4.79 Å². The Morgan fingerprint density at radius 3 is 2.69 bits per heavy atom. The van der Waals surface area contributed by atoms with Crippen LogP contribution in [-0.2, 0) is 0 Å². The molecule has 0 aliphatic heterocycles. The Morgan fingerprint density at radius 2 is 1.85 bits per heavy atom. The topological polar surface area (TPSA) is 60.2 Å². The van der Waals surface area contributed by atoms with Gasteiger partial charge >= 0.3 is 0 Å². The molecule has 5 nitrogen and oxygen atoms in total. The number of ketones is 1. The minimum atomic E-state index is 0.0654. The maximum absolute atomic E-state index is 12.3. The molecule has 0 atom stereocenters. The molecule has 0 spiro atoms. The summed E-state index contributed by atoms with van der Waals surface area (Å²) >= 11 is 1.34. The number of thioether (sulfide) groups is 1. The molecule has 0 bridgehead atoms. The molecule has 0 aliphatic carbocycles.